The quantitative estimate of drug-likeness (QED) is 0.579. The van der Waals surface area contributed by atoms with E-state index in [1.54, 1.807) is 0 Å². The summed E-state index contributed by atoms with van der Waals surface area (Å²) < 4.78 is 15.8. The molecule has 0 aromatic rings. The molecule has 0 atom stereocenters. The van der Waals surface area contributed by atoms with Crippen LogP contribution in [0.2, 0.25) is 0 Å². The first-order valence-corrected chi connectivity index (χ1v) is 5.84. The van der Waals surface area contributed by atoms with Crippen LogP contribution in [0.25, 0.3) is 0 Å². The van der Waals surface area contributed by atoms with Gasteiger partial charge < -0.3 is 9.92 Å². The van der Waals surface area contributed by atoms with E-state index in [0.29, 0.717) is 0 Å². The Balaban J connectivity index is 4.18. The third-order valence-corrected chi connectivity index (χ3v) is 1.30. The number of carbonyl (C=O) groups excluding carboxylic acids is 1. The van der Waals surface area contributed by atoms with Crippen LogP contribution in [-0.4, -0.2) is 35.5 Å². The molecular weight excluding hydrogens is 154 g/mol. The summed E-state index contributed by atoms with van der Waals surface area (Å²) in [6.45, 7) is -0.232. The first-order valence-electron chi connectivity index (χ1n) is 2.73. The van der Waals surface area contributed by atoms with Crippen molar-refractivity contribution in [2.45, 2.75) is 0 Å². The van der Waals surface area contributed by atoms with Crippen molar-refractivity contribution in [2.75, 3.05) is 25.3 Å². The maximum Gasteiger partial charge on any atom is 0.340 e. The highest BCUT2D eigenvalue weighted by Crippen LogP contribution is 2.12. The first kappa shape index (κ1) is 9.58. The predicted molar refractivity (Wildman–Crippen MR) is 41.1 cm³/mol. The van der Waals surface area contributed by atoms with Gasteiger partial charge in [0.1, 0.15) is 0 Å². The van der Waals surface area contributed by atoms with Crippen LogP contribution >= 0.6 is 0 Å². The van der Waals surface area contributed by atoms with Crippen molar-refractivity contribution in [3.05, 3.63) is 0 Å². The number of hydrogen-bond donors (Lipinski definition) is 1. The molecule has 0 saturated carbocycles. The lowest BCUT2D eigenvalue weighted by molar-refractivity contribution is -0.132. The van der Waals surface area contributed by atoms with Gasteiger partial charge in [0.15, 0.2) is 0 Å². The Hall–Kier alpha value is -0.420. The Morgan fingerprint density at radius 2 is 1.90 bits per heavy atom. The summed E-state index contributed by atoms with van der Waals surface area (Å²) in [5, 5.41) is 0. The molecule has 0 fully saturated rings. The Labute approximate surface area is 60.3 Å². The molecule has 5 heteroatoms. The molecule has 0 aliphatic heterocycles. The van der Waals surface area contributed by atoms with E-state index in [9.17, 15) is 9.00 Å². The van der Waals surface area contributed by atoms with Gasteiger partial charge in [-0.15, -0.1) is 0 Å². The Kier molecular flexibility index (Phi) is 2.22. The summed E-state index contributed by atoms with van der Waals surface area (Å²) in [6.07, 6.45) is 4.14. The summed E-state index contributed by atoms with van der Waals surface area (Å²) in [6, 6.07) is 0. The molecule has 62 valence electrons. The van der Waals surface area contributed by atoms with Crippen LogP contribution in [0, 0.1) is 0 Å². The molecule has 0 rings (SSSR count). The average Bonchev–Trinajstić information content (AvgIpc) is 1.59. The van der Waals surface area contributed by atoms with E-state index in [4.69, 9.17) is 5.73 Å². The van der Waals surface area contributed by atoms with Crippen LogP contribution in [0.4, 0.5) is 0 Å². The van der Waals surface area contributed by atoms with Gasteiger partial charge in [-0.2, -0.15) is 13.6 Å². The van der Waals surface area contributed by atoms with E-state index in [1.807, 2.05) is 0 Å². The minimum atomic E-state index is -3.15. The van der Waals surface area contributed by atoms with E-state index < -0.39 is 15.3 Å². The minimum Gasteiger partial charge on any atom is -0.357 e. The molecule has 2 N–H and O–H groups in total. The Morgan fingerprint density at radius 1 is 1.50 bits per heavy atom. The molecule has 10 heavy (non-hydrogen) atoms. The molecule has 0 amide bonds. The molecule has 0 aromatic carbocycles. The van der Waals surface area contributed by atoms with E-state index in [2.05, 4.69) is 4.18 Å². The predicted octanol–water partition coefficient (Wildman–Crippen LogP) is -0.887. The molecule has 0 aliphatic rings. The van der Waals surface area contributed by atoms with Crippen molar-refractivity contribution >= 4 is 15.3 Å². The fourth-order valence-corrected chi connectivity index (χ4v) is 1.05. The van der Waals surface area contributed by atoms with E-state index in [0.717, 1.165) is 0 Å². The van der Waals surface area contributed by atoms with Gasteiger partial charge in [0, 0.05) is 18.8 Å². The summed E-state index contributed by atoms with van der Waals surface area (Å²) in [5.41, 5.74) is 4.94. The molecule has 0 aromatic heterocycles. The largest absolute Gasteiger partial charge is 0.357 e. The van der Waals surface area contributed by atoms with Gasteiger partial charge in [0.25, 0.3) is 0 Å². The van der Waals surface area contributed by atoms with Gasteiger partial charge in [-0.05, 0) is 0 Å². The Bertz CT molecular complexity index is 194. The summed E-state index contributed by atoms with van der Waals surface area (Å²) >= 11 is 0. The topological polar surface area (TPSA) is 69.4 Å². The maximum absolute atomic E-state index is 11.3. The zero-order valence-electron chi connectivity index (χ0n) is 6.42. The van der Waals surface area contributed by atoms with Gasteiger partial charge in [0.2, 0.25) is 0 Å². The van der Waals surface area contributed by atoms with Gasteiger partial charge in [0.05, 0.1) is 6.54 Å². The number of carbonyl (C=O) groups is 1. The van der Waals surface area contributed by atoms with Gasteiger partial charge in [-0.3, -0.25) is 0 Å². The molecule has 0 radical (unpaired) electrons. The molecular formula is C5H13NO3S. The number of rotatable bonds is 2. The smallest absolute Gasteiger partial charge is 0.340 e. The van der Waals surface area contributed by atoms with E-state index in [1.165, 1.54) is 18.8 Å². The zero-order chi connectivity index (χ0) is 8.44. The highest BCUT2D eigenvalue weighted by Gasteiger charge is 2.15. The average molecular weight is 167 g/mol. The van der Waals surface area contributed by atoms with Crippen LogP contribution in [0.1, 0.15) is 0 Å². The highest BCUT2D eigenvalue weighted by molar-refractivity contribution is 8.14. The molecule has 0 unspecified atom stereocenters. The fraction of sp³-hybridized carbons (Fsp3) is 0.800. The van der Waals surface area contributed by atoms with E-state index >= 15 is 0 Å². The summed E-state index contributed by atoms with van der Waals surface area (Å²) in [5.74, 6) is -0.635. The van der Waals surface area contributed by atoms with Crippen LogP contribution in [-0.2, 0) is 18.3 Å². The van der Waals surface area contributed by atoms with Crippen molar-refractivity contribution in [2.24, 2.45) is 5.73 Å². The van der Waals surface area contributed by atoms with E-state index in [-0.39, 0.29) is 6.54 Å². The monoisotopic (exact) mass is 167 g/mol. The van der Waals surface area contributed by atoms with Crippen molar-refractivity contribution in [1.29, 1.82) is 0 Å². The standard InChI is InChI=1S/C5H13NO3S/c1-10(2,3,8)9-5(7)4-6/h4,6H2,1-3H3. The number of hydrogen-bond acceptors (Lipinski definition) is 4. The van der Waals surface area contributed by atoms with Gasteiger partial charge >= 0.3 is 5.97 Å². The highest BCUT2D eigenvalue weighted by atomic mass is 32.3. The molecule has 0 bridgehead atoms. The summed E-state index contributed by atoms with van der Waals surface area (Å²) in [7, 11) is -3.15. The Morgan fingerprint density at radius 3 is 2.00 bits per heavy atom. The molecule has 0 aliphatic carbocycles. The molecule has 0 spiro atoms. The lowest BCUT2D eigenvalue weighted by atomic mass is 10.7. The molecule has 4 nitrogen and oxygen atoms in total. The van der Waals surface area contributed by atoms with Crippen LogP contribution < -0.4 is 5.73 Å². The third-order valence-electron chi connectivity index (χ3n) is 0.544. The van der Waals surface area contributed by atoms with Crippen molar-refractivity contribution in [3.8, 4) is 0 Å². The van der Waals surface area contributed by atoms with Crippen molar-refractivity contribution < 1.29 is 13.2 Å². The van der Waals surface area contributed by atoms with Crippen LogP contribution in [0.3, 0.4) is 0 Å². The van der Waals surface area contributed by atoms with Gasteiger partial charge in [-0.1, -0.05) is 0 Å². The lowest BCUT2D eigenvalue weighted by Crippen LogP contribution is -2.35. The summed E-state index contributed by atoms with van der Waals surface area (Å²) in [4.78, 5) is 10.5. The second-order valence-corrected chi connectivity index (χ2v) is 7.70. The lowest BCUT2D eigenvalue weighted by Gasteiger charge is -2.34. The maximum atomic E-state index is 11.3. The fourth-order valence-electron chi connectivity index (χ4n) is 0.351. The van der Waals surface area contributed by atoms with Crippen LogP contribution in [0.15, 0.2) is 0 Å². The second kappa shape index (κ2) is 2.32. The minimum absolute atomic E-state index is 0.232. The SMILES string of the molecule is CS(C)(C)(=O)OC(=O)CN. The first-order chi connectivity index (χ1) is 4.21. The molecule has 0 heterocycles. The van der Waals surface area contributed by atoms with Crippen molar-refractivity contribution in [3.63, 3.8) is 0 Å². The molecule has 0 saturated heterocycles. The van der Waals surface area contributed by atoms with Crippen LogP contribution in [0.5, 0.6) is 0 Å². The second-order valence-electron chi connectivity index (χ2n) is 2.95. The van der Waals surface area contributed by atoms with Crippen molar-refractivity contribution in [1.82, 2.24) is 0 Å². The number of nitrogens with two attached hydrogens (primary N) is 1. The normalized spacial score (nSPS) is 15.4. The third kappa shape index (κ3) is 5.71. The zero-order valence-corrected chi connectivity index (χ0v) is 7.23. The van der Waals surface area contributed by atoms with Gasteiger partial charge in [-0.25, -0.2) is 4.79 Å².